The number of likely N-dealkylation sites (tertiary alicyclic amines) is 1. The number of hydrogen-bond acceptors (Lipinski definition) is 5. The number of hydrogen-bond donors (Lipinski definition) is 2. The van der Waals surface area contributed by atoms with Gasteiger partial charge in [-0.25, -0.2) is 8.93 Å². The van der Waals surface area contributed by atoms with E-state index in [4.69, 9.17) is 32.7 Å². The van der Waals surface area contributed by atoms with E-state index < -0.39 is 33.7 Å². The summed E-state index contributed by atoms with van der Waals surface area (Å²) in [6, 6.07) is 2.63. The SMILES string of the molecule is CC1(C)OC[C@H](C(=O)N2CCCC([C@@H](NS(=O)C(C)(C)C)c3cc(Cl)c(Cl)cc3O)CC2)O1. The van der Waals surface area contributed by atoms with Gasteiger partial charge in [-0.3, -0.25) is 4.79 Å². The van der Waals surface area contributed by atoms with Crippen LogP contribution < -0.4 is 4.72 Å². The van der Waals surface area contributed by atoms with E-state index >= 15 is 0 Å². The zero-order valence-electron chi connectivity index (χ0n) is 19.8. The number of rotatable bonds is 5. The Balaban J connectivity index is 1.80. The van der Waals surface area contributed by atoms with Crippen molar-refractivity contribution in [2.75, 3.05) is 19.7 Å². The molecule has 7 nitrogen and oxygen atoms in total. The zero-order chi connectivity index (χ0) is 24.6. The molecule has 0 radical (unpaired) electrons. The maximum absolute atomic E-state index is 13.0. The molecule has 2 heterocycles. The Hall–Kier alpha value is -0.900. The summed E-state index contributed by atoms with van der Waals surface area (Å²) >= 11 is 12.3. The van der Waals surface area contributed by atoms with Crippen LogP contribution in [0.2, 0.25) is 10.0 Å². The number of nitrogens with one attached hydrogen (secondary N) is 1. The number of halogens is 2. The van der Waals surface area contributed by atoms with Crippen LogP contribution in [0.5, 0.6) is 5.75 Å². The molecule has 2 aliphatic rings. The largest absolute Gasteiger partial charge is 0.508 e. The molecule has 33 heavy (non-hydrogen) atoms. The number of carbonyl (C=O) groups excluding carboxylic acids is 1. The second-order valence-electron chi connectivity index (χ2n) is 10.1. The van der Waals surface area contributed by atoms with E-state index in [9.17, 15) is 14.1 Å². The van der Waals surface area contributed by atoms with E-state index in [0.29, 0.717) is 30.1 Å². The number of amides is 1. The molecule has 1 aromatic rings. The average molecular weight is 522 g/mol. The molecule has 0 bridgehead atoms. The van der Waals surface area contributed by atoms with Gasteiger partial charge < -0.3 is 19.5 Å². The summed E-state index contributed by atoms with van der Waals surface area (Å²) in [7, 11) is -1.38. The highest BCUT2D eigenvalue weighted by atomic mass is 35.5. The van der Waals surface area contributed by atoms with Gasteiger partial charge in [-0.05, 0) is 65.9 Å². The number of benzene rings is 1. The van der Waals surface area contributed by atoms with Crippen molar-refractivity contribution < 1.29 is 23.6 Å². The molecule has 2 aliphatic heterocycles. The van der Waals surface area contributed by atoms with Gasteiger partial charge in [0.15, 0.2) is 11.9 Å². The lowest BCUT2D eigenvalue weighted by Crippen LogP contribution is -2.42. The molecule has 2 N–H and O–H groups in total. The minimum absolute atomic E-state index is 0.00345. The first-order valence-corrected chi connectivity index (χ1v) is 13.2. The summed E-state index contributed by atoms with van der Waals surface area (Å²) in [6.45, 7) is 10.7. The van der Waals surface area contributed by atoms with Crippen LogP contribution in [-0.4, -0.2) is 56.5 Å². The van der Waals surface area contributed by atoms with Crippen molar-refractivity contribution in [2.24, 2.45) is 5.92 Å². The van der Waals surface area contributed by atoms with Crippen LogP contribution in [0.25, 0.3) is 0 Å². The van der Waals surface area contributed by atoms with Gasteiger partial charge in [0.25, 0.3) is 5.91 Å². The smallest absolute Gasteiger partial charge is 0.254 e. The fourth-order valence-corrected chi connectivity index (χ4v) is 5.43. The molecule has 4 atom stereocenters. The van der Waals surface area contributed by atoms with Crippen LogP contribution in [-0.2, 0) is 25.3 Å². The number of nitrogens with zero attached hydrogens (tertiary/aromatic N) is 1. The molecule has 186 valence electrons. The summed E-state index contributed by atoms with van der Waals surface area (Å²) in [5, 5.41) is 11.2. The van der Waals surface area contributed by atoms with Crippen molar-refractivity contribution in [3.05, 3.63) is 27.7 Å². The summed E-state index contributed by atoms with van der Waals surface area (Å²) < 4.78 is 27.1. The van der Waals surface area contributed by atoms with Crippen molar-refractivity contribution in [2.45, 2.75) is 76.6 Å². The molecular formula is C23H34Cl2N2O5S. The summed E-state index contributed by atoms with van der Waals surface area (Å²) in [4.78, 5) is 14.8. The van der Waals surface area contributed by atoms with E-state index in [1.165, 1.54) is 6.07 Å². The molecule has 3 rings (SSSR count). The molecule has 2 unspecified atom stereocenters. The molecule has 0 spiro atoms. The number of phenolic OH excluding ortho intramolecular Hbond substituents is 1. The Morgan fingerprint density at radius 1 is 1.24 bits per heavy atom. The van der Waals surface area contributed by atoms with Crippen molar-refractivity contribution in [3.63, 3.8) is 0 Å². The quantitative estimate of drug-likeness (QED) is 0.593. The second kappa shape index (κ2) is 10.4. The van der Waals surface area contributed by atoms with Gasteiger partial charge >= 0.3 is 0 Å². The van der Waals surface area contributed by atoms with E-state index in [1.807, 2.05) is 25.7 Å². The van der Waals surface area contributed by atoms with Gasteiger partial charge in [0.1, 0.15) is 5.75 Å². The lowest BCUT2D eigenvalue weighted by Gasteiger charge is -2.31. The fraction of sp³-hybridized carbons (Fsp3) is 0.696. The highest BCUT2D eigenvalue weighted by Crippen LogP contribution is 2.40. The molecule has 10 heteroatoms. The van der Waals surface area contributed by atoms with Crippen LogP contribution in [0.1, 0.15) is 65.5 Å². The number of phenols is 1. The molecule has 0 aromatic heterocycles. The maximum atomic E-state index is 13.0. The maximum Gasteiger partial charge on any atom is 0.254 e. The molecule has 2 saturated heterocycles. The van der Waals surface area contributed by atoms with Gasteiger partial charge in [-0.1, -0.05) is 23.2 Å². The van der Waals surface area contributed by atoms with Gasteiger partial charge in [0, 0.05) is 24.7 Å². The number of carbonyl (C=O) groups is 1. The fourth-order valence-electron chi connectivity index (χ4n) is 4.19. The molecule has 1 aromatic carbocycles. The van der Waals surface area contributed by atoms with Gasteiger partial charge in [-0.2, -0.15) is 0 Å². The highest BCUT2D eigenvalue weighted by Gasteiger charge is 2.40. The molecule has 0 aliphatic carbocycles. The van der Waals surface area contributed by atoms with Crippen LogP contribution in [0.4, 0.5) is 0 Å². The van der Waals surface area contributed by atoms with Crippen molar-refractivity contribution in [1.29, 1.82) is 0 Å². The third-order valence-corrected chi connectivity index (χ3v) is 8.34. The summed E-state index contributed by atoms with van der Waals surface area (Å²) in [6.07, 6.45) is 1.63. The number of aromatic hydroxyl groups is 1. The van der Waals surface area contributed by atoms with E-state index in [0.717, 1.165) is 12.8 Å². The first-order valence-electron chi connectivity index (χ1n) is 11.2. The van der Waals surface area contributed by atoms with Gasteiger partial charge in [0.05, 0.1) is 38.4 Å². The summed E-state index contributed by atoms with van der Waals surface area (Å²) in [5.74, 6) is -0.800. The third kappa shape index (κ3) is 6.61. The molecule has 0 saturated carbocycles. The van der Waals surface area contributed by atoms with Crippen molar-refractivity contribution >= 4 is 40.1 Å². The predicted octanol–water partition coefficient (Wildman–Crippen LogP) is 4.57. The second-order valence-corrected chi connectivity index (χ2v) is 12.9. The first-order chi connectivity index (χ1) is 15.3. The standard InChI is InChI=1S/C23H34Cl2N2O5S/c1-22(2,3)33(30)26-20(15-11-16(24)17(25)12-18(15)28)14-7-6-9-27(10-8-14)21(29)19-13-31-23(4,5)32-19/h11-12,14,19-20,26,28H,6-10,13H2,1-5H3/t14?,19-,20-,33?/m1/s1. The van der Waals surface area contributed by atoms with E-state index in [2.05, 4.69) is 4.72 Å². The summed E-state index contributed by atoms with van der Waals surface area (Å²) in [5.41, 5.74) is 0.557. The lowest BCUT2D eigenvalue weighted by atomic mass is 9.87. The van der Waals surface area contributed by atoms with Gasteiger partial charge in [-0.15, -0.1) is 0 Å². The Labute approximate surface area is 208 Å². The highest BCUT2D eigenvalue weighted by molar-refractivity contribution is 7.84. The normalized spacial score (nSPS) is 25.5. The lowest BCUT2D eigenvalue weighted by molar-refractivity contribution is -0.160. The zero-order valence-corrected chi connectivity index (χ0v) is 22.1. The molecule has 1 amide bonds. The Bertz CT molecular complexity index is 906. The minimum atomic E-state index is -1.38. The van der Waals surface area contributed by atoms with Crippen molar-refractivity contribution in [3.8, 4) is 5.75 Å². The van der Waals surface area contributed by atoms with E-state index in [-0.39, 0.29) is 29.2 Å². The van der Waals surface area contributed by atoms with E-state index in [1.54, 1.807) is 19.9 Å². The predicted molar refractivity (Wildman–Crippen MR) is 131 cm³/mol. The Morgan fingerprint density at radius 3 is 2.52 bits per heavy atom. The van der Waals surface area contributed by atoms with Crippen LogP contribution in [0, 0.1) is 5.92 Å². The third-order valence-electron chi connectivity index (χ3n) is 6.03. The number of ether oxygens (including phenoxy) is 2. The Kier molecular flexibility index (Phi) is 8.40. The minimum Gasteiger partial charge on any atom is -0.508 e. The Morgan fingerprint density at radius 2 is 1.91 bits per heavy atom. The first kappa shape index (κ1) is 26.7. The average Bonchev–Trinajstić information content (AvgIpc) is 2.92. The van der Waals surface area contributed by atoms with Crippen LogP contribution >= 0.6 is 23.2 Å². The van der Waals surface area contributed by atoms with Crippen molar-refractivity contribution in [1.82, 2.24) is 9.62 Å². The van der Waals surface area contributed by atoms with Crippen LogP contribution in [0.15, 0.2) is 12.1 Å². The van der Waals surface area contributed by atoms with Crippen LogP contribution in [0.3, 0.4) is 0 Å². The topological polar surface area (TPSA) is 88.1 Å². The monoisotopic (exact) mass is 520 g/mol. The molecule has 2 fully saturated rings. The molecular weight excluding hydrogens is 487 g/mol. The van der Waals surface area contributed by atoms with Gasteiger partial charge in [0.2, 0.25) is 0 Å².